The van der Waals surface area contributed by atoms with E-state index >= 15 is 0 Å². The highest BCUT2D eigenvalue weighted by Gasteiger charge is 2.24. The molecule has 0 radical (unpaired) electrons. The second-order valence-corrected chi connectivity index (χ2v) is 3.66. The van der Waals surface area contributed by atoms with E-state index in [1.807, 2.05) is 0 Å². The quantitative estimate of drug-likeness (QED) is 0.278. The van der Waals surface area contributed by atoms with Crippen LogP contribution in [0.5, 0.6) is 5.75 Å². The fourth-order valence-corrected chi connectivity index (χ4v) is 1.47. The van der Waals surface area contributed by atoms with Crippen molar-refractivity contribution in [2.45, 2.75) is 0 Å². The number of nitrogens with zero attached hydrogens (tertiary/aromatic N) is 2. The Morgan fingerprint density at radius 2 is 1.68 bits per heavy atom. The van der Waals surface area contributed by atoms with Gasteiger partial charge in [-0.25, -0.2) is 9.18 Å². The van der Waals surface area contributed by atoms with Crippen LogP contribution in [-0.2, 0) is 4.79 Å². The van der Waals surface area contributed by atoms with Gasteiger partial charge in [0.1, 0.15) is 11.6 Å². The molecule has 0 spiro atoms. The zero-order chi connectivity index (χ0) is 13.7. The molecule has 0 unspecified atom stereocenters. The lowest BCUT2D eigenvalue weighted by molar-refractivity contribution is -0.131. The van der Waals surface area contributed by atoms with E-state index in [-0.39, 0.29) is 11.5 Å². The Kier molecular flexibility index (Phi) is 3.81. The highest BCUT2D eigenvalue weighted by molar-refractivity contribution is 6.41. The van der Waals surface area contributed by atoms with E-state index in [2.05, 4.69) is 4.79 Å². The summed E-state index contributed by atoms with van der Waals surface area (Å²) in [6, 6.07) is 13.4. The summed E-state index contributed by atoms with van der Waals surface area (Å²) in [4.78, 5) is 14.8. The molecule has 0 aliphatic heterocycles. The molecule has 0 aromatic heterocycles. The third-order valence-corrected chi connectivity index (χ3v) is 2.36. The minimum absolute atomic E-state index is 0.170. The molecule has 0 aliphatic rings. The molecule has 0 N–H and O–H groups in total. The van der Waals surface area contributed by atoms with Crippen molar-refractivity contribution in [1.29, 1.82) is 0 Å². The summed E-state index contributed by atoms with van der Waals surface area (Å²) in [6.07, 6.45) is 0. The van der Waals surface area contributed by atoms with E-state index in [1.54, 1.807) is 30.3 Å². The van der Waals surface area contributed by atoms with Crippen molar-refractivity contribution in [3.8, 4) is 5.75 Å². The number of carbonyl (C=O) groups is 1. The molecule has 5 heteroatoms. The zero-order valence-electron chi connectivity index (χ0n) is 9.79. The lowest BCUT2D eigenvalue weighted by Crippen LogP contribution is -2.22. The van der Waals surface area contributed by atoms with Crippen molar-refractivity contribution in [3.05, 3.63) is 71.5 Å². The zero-order valence-corrected chi connectivity index (χ0v) is 9.79. The highest BCUT2D eigenvalue weighted by atomic mass is 19.1. The van der Waals surface area contributed by atoms with Crippen molar-refractivity contribution in [2.24, 2.45) is 0 Å². The Balaban J connectivity index is 2.19. The first-order valence-corrected chi connectivity index (χ1v) is 5.46. The van der Waals surface area contributed by atoms with Gasteiger partial charge in [0.25, 0.3) is 0 Å². The van der Waals surface area contributed by atoms with Crippen molar-refractivity contribution < 1.29 is 18.7 Å². The average Bonchev–Trinajstić information content (AvgIpc) is 2.43. The van der Waals surface area contributed by atoms with Crippen LogP contribution in [0, 0.1) is 5.82 Å². The van der Waals surface area contributed by atoms with Crippen molar-refractivity contribution in [3.63, 3.8) is 0 Å². The molecular formula is C14H9FN2O2. The van der Waals surface area contributed by atoms with Gasteiger partial charge in [-0.2, -0.15) is 4.79 Å². The maximum atomic E-state index is 12.7. The molecule has 0 bridgehead atoms. The van der Waals surface area contributed by atoms with Crippen molar-refractivity contribution in [1.82, 2.24) is 0 Å². The second kappa shape index (κ2) is 5.71. The van der Waals surface area contributed by atoms with E-state index in [0.29, 0.717) is 5.56 Å². The van der Waals surface area contributed by atoms with Crippen LogP contribution in [0.1, 0.15) is 5.56 Å². The molecule has 4 nitrogen and oxygen atoms in total. The van der Waals surface area contributed by atoms with Crippen LogP contribution in [0.2, 0.25) is 0 Å². The summed E-state index contributed by atoms with van der Waals surface area (Å²) in [7, 11) is 0. The fourth-order valence-electron chi connectivity index (χ4n) is 1.47. The molecule has 2 aromatic carbocycles. The minimum Gasteiger partial charge on any atom is -0.418 e. The number of ether oxygens (including phenoxy) is 1. The van der Waals surface area contributed by atoms with Crippen LogP contribution in [0.25, 0.3) is 5.53 Å². The largest absolute Gasteiger partial charge is 0.427 e. The van der Waals surface area contributed by atoms with Gasteiger partial charge in [0.2, 0.25) is 0 Å². The summed E-state index contributed by atoms with van der Waals surface area (Å²) < 4.78 is 17.7. The fraction of sp³-hybridized carbons (Fsp3) is 0. The van der Waals surface area contributed by atoms with Gasteiger partial charge in [-0.05, 0) is 36.4 Å². The topological polar surface area (TPSA) is 62.7 Å². The number of benzene rings is 2. The Morgan fingerprint density at radius 3 is 2.26 bits per heavy atom. The predicted molar refractivity (Wildman–Crippen MR) is 66.2 cm³/mol. The molecule has 19 heavy (non-hydrogen) atoms. The number of rotatable bonds is 3. The Labute approximate surface area is 108 Å². The third-order valence-electron chi connectivity index (χ3n) is 2.36. The smallest absolute Gasteiger partial charge is 0.418 e. The van der Waals surface area contributed by atoms with Gasteiger partial charge in [0.15, 0.2) is 0 Å². The summed E-state index contributed by atoms with van der Waals surface area (Å²) in [5.41, 5.74) is 9.11. The van der Waals surface area contributed by atoms with Gasteiger partial charge in [-0.15, -0.1) is 0 Å². The molecule has 0 aliphatic carbocycles. The van der Waals surface area contributed by atoms with E-state index in [4.69, 9.17) is 10.3 Å². The van der Waals surface area contributed by atoms with Gasteiger partial charge >= 0.3 is 11.7 Å². The van der Waals surface area contributed by atoms with Crippen LogP contribution in [0.4, 0.5) is 4.39 Å². The van der Waals surface area contributed by atoms with Gasteiger partial charge in [0, 0.05) is 0 Å². The monoisotopic (exact) mass is 256 g/mol. The first kappa shape index (κ1) is 12.7. The molecule has 0 saturated heterocycles. The normalized spacial score (nSPS) is 9.53. The molecule has 0 heterocycles. The molecule has 2 aromatic rings. The van der Waals surface area contributed by atoms with Gasteiger partial charge < -0.3 is 10.3 Å². The maximum Gasteiger partial charge on any atom is 0.427 e. The molecule has 0 atom stereocenters. The number of esters is 1. The van der Waals surface area contributed by atoms with Gasteiger partial charge in [-0.1, -0.05) is 18.2 Å². The summed E-state index contributed by atoms with van der Waals surface area (Å²) >= 11 is 0. The first-order valence-electron chi connectivity index (χ1n) is 5.46. The summed E-state index contributed by atoms with van der Waals surface area (Å²) in [5, 5.41) is 0. The molecule has 94 valence electrons. The molecular weight excluding hydrogens is 247 g/mol. The van der Waals surface area contributed by atoms with E-state index in [9.17, 15) is 9.18 Å². The maximum absolute atomic E-state index is 12.7. The Hall–Kier alpha value is -2.78. The summed E-state index contributed by atoms with van der Waals surface area (Å²) in [5.74, 6) is -1.08. The van der Waals surface area contributed by atoms with Crippen molar-refractivity contribution in [2.75, 3.05) is 0 Å². The Bertz CT molecular complexity index is 632. The standard InChI is InChI=1S/C14H9FN2O2/c15-11-6-8-12(9-7-11)19-14(18)13(17-16)10-4-2-1-3-5-10/h1-9H. The minimum atomic E-state index is -0.819. The van der Waals surface area contributed by atoms with Crippen LogP contribution in [-0.4, -0.2) is 16.5 Å². The number of hydrogen-bond donors (Lipinski definition) is 0. The van der Waals surface area contributed by atoms with Gasteiger partial charge in [0.05, 0.1) is 5.56 Å². The molecule has 0 amide bonds. The third kappa shape index (κ3) is 3.12. The molecule has 2 rings (SSSR count). The lowest BCUT2D eigenvalue weighted by Gasteiger charge is -2.01. The van der Waals surface area contributed by atoms with E-state index < -0.39 is 11.8 Å². The van der Waals surface area contributed by atoms with Crippen molar-refractivity contribution >= 4 is 11.7 Å². The molecule has 0 fully saturated rings. The van der Waals surface area contributed by atoms with Crippen LogP contribution in [0.15, 0.2) is 54.6 Å². The highest BCUT2D eigenvalue weighted by Crippen LogP contribution is 2.12. The average molecular weight is 256 g/mol. The van der Waals surface area contributed by atoms with Gasteiger partial charge in [-0.3, -0.25) is 0 Å². The molecule has 0 saturated carbocycles. The lowest BCUT2D eigenvalue weighted by atomic mass is 10.1. The Morgan fingerprint density at radius 1 is 1.05 bits per heavy atom. The number of hydrogen-bond acceptors (Lipinski definition) is 2. The van der Waals surface area contributed by atoms with Crippen LogP contribution < -0.4 is 4.74 Å². The van der Waals surface area contributed by atoms with Crippen LogP contribution >= 0.6 is 0 Å². The second-order valence-electron chi connectivity index (χ2n) is 3.66. The summed E-state index contributed by atoms with van der Waals surface area (Å²) in [6.45, 7) is 0. The number of carbonyl (C=O) groups excluding carboxylic acids is 1. The first-order chi connectivity index (χ1) is 9.20. The predicted octanol–water partition coefficient (Wildman–Crippen LogP) is 2.45. The van der Waals surface area contributed by atoms with E-state index in [1.165, 1.54) is 24.3 Å². The van der Waals surface area contributed by atoms with Crippen LogP contribution in [0.3, 0.4) is 0 Å². The number of halogens is 1. The SMILES string of the molecule is [N-]=[N+]=C(C(=O)Oc1ccc(F)cc1)c1ccccc1. The van der Waals surface area contributed by atoms with E-state index in [0.717, 1.165) is 0 Å².